The Hall–Kier alpha value is -2.65. The Labute approximate surface area is 138 Å². The van der Waals surface area contributed by atoms with E-state index in [0.29, 0.717) is 16.9 Å². The van der Waals surface area contributed by atoms with Gasteiger partial charge in [-0.1, -0.05) is 5.21 Å². The molecule has 0 bridgehead atoms. The number of sulfonamides is 1. The van der Waals surface area contributed by atoms with Crippen LogP contribution in [0.1, 0.15) is 11.3 Å². The van der Waals surface area contributed by atoms with E-state index < -0.39 is 15.8 Å². The number of nitrogens with one attached hydrogen (secondary N) is 1. The third-order valence-corrected chi connectivity index (χ3v) is 4.88. The van der Waals surface area contributed by atoms with E-state index in [2.05, 4.69) is 20.0 Å². The zero-order chi connectivity index (χ0) is 17.2. The molecule has 1 N–H and O–H groups in total. The lowest BCUT2D eigenvalue weighted by Gasteiger charge is -2.08. The third kappa shape index (κ3) is 3.47. The first kappa shape index (κ1) is 16.2. The minimum atomic E-state index is -3.77. The van der Waals surface area contributed by atoms with Gasteiger partial charge in [0.25, 0.3) is 0 Å². The molecule has 0 aliphatic rings. The number of aryl methyl sites for hydroxylation is 1. The van der Waals surface area contributed by atoms with Crippen molar-refractivity contribution in [1.29, 1.82) is 0 Å². The topological polar surface area (TPSA) is 89.8 Å². The summed E-state index contributed by atoms with van der Waals surface area (Å²) in [4.78, 5) is 4.01. The lowest BCUT2D eigenvalue weighted by atomic mass is 10.2. The standard InChI is InChI=1S/C15H14FN5O2S/c1-11-7-12(16)4-5-15(11)24(22,23)18-8-13-10-21(20-19-13)14-3-2-6-17-9-14/h2-7,9-10,18H,8H2,1H3. The number of hydrogen-bond acceptors (Lipinski definition) is 5. The molecule has 124 valence electrons. The van der Waals surface area contributed by atoms with E-state index in [-0.39, 0.29) is 11.4 Å². The van der Waals surface area contributed by atoms with Crippen LogP contribution in [0.25, 0.3) is 5.69 Å². The van der Waals surface area contributed by atoms with Gasteiger partial charge >= 0.3 is 0 Å². The quantitative estimate of drug-likeness (QED) is 0.757. The fourth-order valence-electron chi connectivity index (χ4n) is 2.16. The molecule has 0 aliphatic heterocycles. The molecule has 3 aromatic rings. The van der Waals surface area contributed by atoms with E-state index in [1.807, 2.05) is 0 Å². The molecule has 0 amide bonds. The Morgan fingerprint density at radius 3 is 2.83 bits per heavy atom. The highest BCUT2D eigenvalue weighted by atomic mass is 32.2. The van der Waals surface area contributed by atoms with Gasteiger partial charge in [-0.2, -0.15) is 0 Å². The van der Waals surface area contributed by atoms with Gasteiger partial charge in [-0.05, 0) is 42.8 Å². The maximum Gasteiger partial charge on any atom is 0.241 e. The van der Waals surface area contributed by atoms with Crippen LogP contribution in [-0.4, -0.2) is 28.4 Å². The smallest absolute Gasteiger partial charge is 0.241 e. The molecule has 3 rings (SSSR count). The average molecular weight is 347 g/mol. The molecule has 0 radical (unpaired) electrons. The lowest BCUT2D eigenvalue weighted by molar-refractivity contribution is 0.578. The van der Waals surface area contributed by atoms with E-state index in [9.17, 15) is 12.8 Å². The van der Waals surface area contributed by atoms with Crippen LogP contribution < -0.4 is 4.72 Å². The molecule has 9 heteroatoms. The Morgan fingerprint density at radius 2 is 2.12 bits per heavy atom. The first-order chi connectivity index (χ1) is 11.5. The number of halogens is 1. The van der Waals surface area contributed by atoms with E-state index in [4.69, 9.17) is 0 Å². The molecule has 7 nitrogen and oxygen atoms in total. The Morgan fingerprint density at radius 1 is 1.29 bits per heavy atom. The number of hydrogen-bond donors (Lipinski definition) is 1. The summed E-state index contributed by atoms with van der Waals surface area (Å²) >= 11 is 0. The molecule has 0 spiro atoms. The molecule has 0 saturated heterocycles. The maximum atomic E-state index is 13.1. The molecular formula is C15H14FN5O2S. The van der Waals surface area contributed by atoms with Crippen molar-refractivity contribution < 1.29 is 12.8 Å². The summed E-state index contributed by atoms with van der Waals surface area (Å²) in [5, 5.41) is 7.86. The fraction of sp³-hybridized carbons (Fsp3) is 0.133. The first-order valence-corrected chi connectivity index (χ1v) is 8.51. The molecule has 0 saturated carbocycles. The van der Waals surface area contributed by atoms with E-state index in [1.165, 1.54) is 23.7 Å². The van der Waals surface area contributed by atoms with Crippen LogP contribution >= 0.6 is 0 Å². The number of rotatable bonds is 5. The Bertz CT molecular complexity index is 957. The first-order valence-electron chi connectivity index (χ1n) is 7.03. The second kappa shape index (κ2) is 6.46. The predicted octanol–water partition coefficient (Wildman–Crippen LogP) is 1.59. The van der Waals surface area contributed by atoms with Gasteiger partial charge in [0.15, 0.2) is 0 Å². The normalized spacial score (nSPS) is 11.6. The minimum Gasteiger partial charge on any atom is -0.262 e. The highest BCUT2D eigenvalue weighted by molar-refractivity contribution is 7.89. The molecule has 24 heavy (non-hydrogen) atoms. The third-order valence-electron chi connectivity index (χ3n) is 3.32. The fourth-order valence-corrected chi connectivity index (χ4v) is 3.38. The molecule has 2 aromatic heterocycles. The van der Waals surface area contributed by atoms with Crippen LogP contribution in [0.15, 0.2) is 53.8 Å². The number of nitrogens with zero attached hydrogens (tertiary/aromatic N) is 4. The lowest BCUT2D eigenvalue weighted by Crippen LogP contribution is -2.24. The zero-order valence-corrected chi connectivity index (χ0v) is 13.5. The molecule has 2 heterocycles. The van der Waals surface area contributed by atoms with Crippen LogP contribution in [0, 0.1) is 12.7 Å². The Kier molecular flexibility index (Phi) is 4.36. The van der Waals surface area contributed by atoms with Crippen LogP contribution in [0.4, 0.5) is 4.39 Å². The summed E-state index contributed by atoms with van der Waals surface area (Å²) in [6.07, 6.45) is 4.86. The van der Waals surface area contributed by atoms with Crippen LogP contribution in [0.2, 0.25) is 0 Å². The Balaban J connectivity index is 1.75. The van der Waals surface area contributed by atoms with E-state index in [0.717, 1.165) is 6.07 Å². The zero-order valence-electron chi connectivity index (χ0n) is 12.7. The average Bonchev–Trinajstić information content (AvgIpc) is 3.02. The van der Waals surface area contributed by atoms with Gasteiger partial charge in [-0.15, -0.1) is 5.10 Å². The predicted molar refractivity (Wildman–Crippen MR) is 84.3 cm³/mol. The van der Waals surface area contributed by atoms with Crippen molar-refractivity contribution in [3.05, 3.63) is 66.0 Å². The summed E-state index contributed by atoms with van der Waals surface area (Å²) in [6.45, 7) is 1.51. The van der Waals surface area contributed by atoms with Gasteiger partial charge in [-0.3, -0.25) is 4.98 Å². The van der Waals surface area contributed by atoms with Crippen LogP contribution in [0.5, 0.6) is 0 Å². The van der Waals surface area contributed by atoms with Crippen molar-refractivity contribution in [2.24, 2.45) is 0 Å². The van der Waals surface area contributed by atoms with Crippen molar-refractivity contribution in [2.75, 3.05) is 0 Å². The number of benzene rings is 1. The maximum absolute atomic E-state index is 13.1. The van der Waals surface area contributed by atoms with Crippen LogP contribution in [0.3, 0.4) is 0 Å². The molecule has 0 aliphatic carbocycles. The second-order valence-electron chi connectivity index (χ2n) is 5.10. The molecule has 0 unspecified atom stereocenters. The summed E-state index contributed by atoms with van der Waals surface area (Å²) in [5.74, 6) is -0.481. The summed E-state index contributed by atoms with van der Waals surface area (Å²) in [6, 6.07) is 7.08. The number of aromatic nitrogens is 4. The molecule has 0 atom stereocenters. The van der Waals surface area contributed by atoms with Gasteiger partial charge in [-0.25, -0.2) is 22.2 Å². The van der Waals surface area contributed by atoms with Crippen molar-refractivity contribution >= 4 is 10.0 Å². The van der Waals surface area contributed by atoms with E-state index in [1.54, 1.807) is 30.7 Å². The van der Waals surface area contributed by atoms with Gasteiger partial charge in [0.1, 0.15) is 5.82 Å². The second-order valence-corrected chi connectivity index (χ2v) is 6.84. The van der Waals surface area contributed by atoms with Crippen molar-refractivity contribution in [3.8, 4) is 5.69 Å². The van der Waals surface area contributed by atoms with Crippen molar-refractivity contribution in [1.82, 2.24) is 24.7 Å². The summed E-state index contributed by atoms with van der Waals surface area (Å²) in [5.41, 5.74) is 1.50. The monoisotopic (exact) mass is 347 g/mol. The summed E-state index contributed by atoms with van der Waals surface area (Å²) < 4.78 is 41.7. The largest absolute Gasteiger partial charge is 0.262 e. The molecular weight excluding hydrogens is 333 g/mol. The number of pyridine rings is 1. The van der Waals surface area contributed by atoms with Crippen LogP contribution in [-0.2, 0) is 16.6 Å². The van der Waals surface area contributed by atoms with Gasteiger partial charge < -0.3 is 0 Å². The molecule has 0 fully saturated rings. The van der Waals surface area contributed by atoms with Gasteiger partial charge in [0.05, 0.1) is 35.2 Å². The van der Waals surface area contributed by atoms with E-state index >= 15 is 0 Å². The van der Waals surface area contributed by atoms with Gasteiger partial charge in [0.2, 0.25) is 10.0 Å². The van der Waals surface area contributed by atoms with Crippen molar-refractivity contribution in [3.63, 3.8) is 0 Å². The SMILES string of the molecule is Cc1cc(F)ccc1S(=O)(=O)NCc1cn(-c2cccnc2)nn1. The summed E-state index contributed by atoms with van der Waals surface area (Å²) in [7, 11) is -3.77. The van der Waals surface area contributed by atoms with Crippen molar-refractivity contribution in [2.45, 2.75) is 18.4 Å². The molecule has 1 aromatic carbocycles. The highest BCUT2D eigenvalue weighted by Crippen LogP contribution is 2.16. The minimum absolute atomic E-state index is 0.0284. The highest BCUT2D eigenvalue weighted by Gasteiger charge is 2.17. The van der Waals surface area contributed by atoms with Gasteiger partial charge in [0, 0.05) is 6.20 Å².